The molecule has 96 valence electrons. The molecule has 0 radical (unpaired) electrons. The highest BCUT2D eigenvalue weighted by Crippen LogP contribution is 1.61. The normalized spacial score (nSPS) is 9.12. The lowest BCUT2D eigenvalue weighted by atomic mass is 10.6. The van der Waals surface area contributed by atoms with E-state index in [2.05, 4.69) is 10.6 Å². The molecule has 0 saturated heterocycles. The van der Waals surface area contributed by atoms with E-state index < -0.39 is 11.9 Å². The van der Waals surface area contributed by atoms with Crippen LogP contribution in [0.5, 0.6) is 0 Å². The monoisotopic (exact) mass is 238 g/mol. The van der Waals surface area contributed by atoms with Crippen molar-refractivity contribution in [2.75, 3.05) is 39.4 Å². The van der Waals surface area contributed by atoms with Gasteiger partial charge >= 0.3 is 11.9 Å². The summed E-state index contributed by atoms with van der Waals surface area (Å²) in [7, 11) is 0. The van der Waals surface area contributed by atoms with Crippen LogP contribution in [0.2, 0.25) is 0 Å². The van der Waals surface area contributed by atoms with Gasteiger partial charge in [-0.25, -0.2) is 0 Å². The summed E-state index contributed by atoms with van der Waals surface area (Å²) >= 11 is 0. The zero-order valence-corrected chi connectivity index (χ0v) is 8.85. The van der Waals surface area contributed by atoms with Gasteiger partial charge in [-0.3, -0.25) is 14.9 Å². The fourth-order valence-corrected chi connectivity index (χ4v) is 0.559. The maximum atomic E-state index is 9.73. The van der Waals surface area contributed by atoms with Crippen LogP contribution in [-0.2, 0) is 9.59 Å². The minimum Gasteiger partial charge on any atom is -0.480 e. The summed E-state index contributed by atoms with van der Waals surface area (Å²) in [6, 6.07) is 0. The fourth-order valence-electron chi connectivity index (χ4n) is 0.559. The van der Waals surface area contributed by atoms with E-state index in [0.717, 1.165) is 0 Å². The average molecular weight is 238 g/mol. The first-order valence-electron chi connectivity index (χ1n) is 4.61. The molecule has 0 aliphatic rings. The zero-order chi connectivity index (χ0) is 12.8. The van der Waals surface area contributed by atoms with Gasteiger partial charge in [0.05, 0.1) is 26.3 Å². The van der Waals surface area contributed by atoms with Gasteiger partial charge in [-0.1, -0.05) is 0 Å². The number of carboxylic acid groups (broad SMARTS) is 2. The van der Waals surface area contributed by atoms with Gasteiger partial charge in [0.15, 0.2) is 0 Å². The van der Waals surface area contributed by atoms with Gasteiger partial charge in [0.2, 0.25) is 0 Å². The number of hydrogen-bond donors (Lipinski definition) is 6. The third kappa shape index (κ3) is 23.0. The Morgan fingerprint density at radius 3 is 1.44 bits per heavy atom. The van der Waals surface area contributed by atoms with E-state index in [9.17, 15) is 9.59 Å². The third-order valence-corrected chi connectivity index (χ3v) is 1.13. The predicted molar refractivity (Wildman–Crippen MR) is 55.2 cm³/mol. The molecule has 0 amide bonds. The highest BCUT2D eigenvalue weighted by molar-refractivity contribution is 5.72. The number of aliphatic carboxylic acids is 2. The molecule has 0 saturated carbocycles. The summed E-state index contributed by atoms with van der Waals surface area (Å²) in [5.74, 6) is -2.12. The Bertz CT molecular complexity index is 169. The number of aliphatic hydroxyl groups excluding tert-OH is 2. The fraction of sp³-hybridized carbons (Fsp3) is 0.750. The van der Waals surface area contributed by atoms with Crippen molar-refractivity contribution < 1.29 is 30.0 Å². The second kappa shape index (κ2) is 13.8. The van der Waals surface area contributed by atoms with Crippen molar-refractivity contribution in [2.45, 2.75) is 0 Å². The molecular formula is C8H18N2O6. The van der Waals surface area contributed by atoms with Crippen LogP contribution in [0.3, 0.4) is 0 Å². The third-order valence-electron chi connectivity index (χ3n) is 1.13. The Morgan fingerprint density at radius 1 is 0.812 bits per heavy atom. The Balaban J connectivity index is 0. The quantitative estimate of drug-likeness (QED) is 0.251. The number of aliphatic hydroxyl groups is 2. The number of hydrogen-bond acceptors (Lipinski definition) is 6. The summed E-state index contributed by atoms with van der Waals surface area (Å²) in [5.41, 5.74) is 0. The average Bonchev–Trinajstić information content (AvgIpc) is 2.18. The van der Waals surface area contributed by atoms with Gasteiger partial charge in [-0.05, 0) is 0 Å². The van der Waals surface area contributed by atoms with Crippen LogP contribution in [0.1, 0.15) is 0 Å². The van der Waals surface area contributed by atoms with Crippen LogP contribution in [0.15, 0.2) is 0 Å². The van der Waals surface area contributed by atoms with E-state index in [1.54, 1.807) is 0 Å². The Morgan fingerprint density at radius 2 is 1.19 bits per heavy atom. The van der Waals surface area contributed by atoms with Crippen molar-refractivity contribution in [2.24, 2.45) is 0 Å². The molecule has 0 rings (SSSR count). The number of carboxylic acids is 2. The van der Waals surface area contributed by atoms with Gasteiger partial charge < -0.3 is 25.7 Å². The van der Waals surface area contributed by atoms with Crippen molar-refractivity contribution in [3.63, 3.8) is 0 Å². The van der Waals surface area contributed by atoms with Gasteiger partial charge in [0.25, 0.3) is 0 Å². The first kappa shape index (κ1) is 17.2. The standard InChI is InChI=1S/C4H7NO4.C4H11NO2/c6-3(7)1-5-2-4(8)9;6-3-1-5-2-4-7/h5H,1-2H2,(H,6,7)(H,8,9);5-7H,1-4H2. The van der Waals surface area contributed by atoms with E-state index in [4.69, 9.17) is 20.4 Å². The number of rotatable bonds is 8. The van der Waals surface area contributed by atoms with Crippen molar-refractivity contribution >= 4 is 11.9 Å². The SMILES string of the molecule is O=C(O)CNCC(=O)O.OCCNCCO. The topological polar surface area (TPSA) is 139 Å². The molecule has 8 nitrogen and oxygen atoms in total. The van der Waals surface area contributed by atoms with E-state index in [1.165, 1.54) is 0 Å². The van der Waals surface area contributed by atoms with Crippen molar-refractivity contribution in [3.8, 4) is 0 Å². The summed E-state index contributed by atoms with van der Waals surface area (Å²) in [4.78, 5) is 19.5. The second-order valence-electron chi connectivity index (χ2n) is 2.59. The van der Waals surface area contributed by atoms with Gasteiger partial charge in [0.1, 0.15) is 0 Å². The lowest BCUT2D eigenvalue weighted by molar-refractivity contribution is -0.137. The molecule has 0 aromatic rings. The van der Waals surface area contributed by atoms with Crippen molar-refractivity contribution in [3.05, 3.63) is 0 Å². The highest BCUT2D eigenvalue weighted by atomic mass is 16.4. The van der Waals surface area contributed by atoms with E-state index in [-0.39, 0.29) is 26.3 Å². The lowest BCUT2D eigenvalue weighted by Crippen LogP contribution is -2.27. The molecule has 8 heteroatoms. The largest absolute Gasteiger partial charge is 0.480 e. The van der Waals surface area contributed by atoms with Crippen molar-refractivity contribution in [1.82, 2.24) is 10.6 Å². The lowest BCUT2D eigenvalue weighted by Gasteiger charge is -1.94. The Kier molecular flexibility index (Phi) is 14.8. The maximum absolute atomic E-state index is 9.73. The van der Waals surface area contributed by atoms with E-state index >= 15 is 0 Å². The van der Waals surface area contributed by atoms with Crippen LogP contribution < -0.4 is 10.6 Å². The van der Waals surface area contributed by atoms with Crippen molar-refractivity contribution in [1.29, 1.82) is 0 Å². The number of carbonyl (C=O) groups is 2. The van der Waals surface area contributed by atoms with E-state index in [0.29, 0.717) is 13.1 Å². The van der Waals surface area contributed by atoms with Crippen LogP contribution in [0.25, 0.3) is 0 Å². The highest BCUT2D eigenvalue weighted by Gasteiger charge is 1.97. The molecule has 0 atom stereocenters. The Hall–Kier alpha value is -1.22. The molecule has 0 aromatic carbocycles. The van der Waals surface area contributed by atoms with Crippen LogP contribution in [0, 0.1) is 0 Å². The smallest absolute Gasteiger partial charge is 0.317 e. The summed E-state index contributed by atoms with van der Waals surface area (Å²) in [6.07, 6.45) is 0. The van der Waals surface area contributed by atoms with Gasteiger partial charge in [-0.15, -0.1) is 0 Å². The van der Waals surface area contributed by atoms with E-state index in [1.807, 2.05) is 0 Å². The van der Waals surface area contributed by atoms with Gasteiger partial charge in [-0.2, -0.15) is 0 Å². The number of nitrogens with one attached hydrogen (secondary N) is 2. The summed E-state index contributed by atoms with van der Waals surface area (Å²) in [5, 5.41) is 37.2. The predicted octanol–water partition coefficient (Wildman–Crippen LogP) is -2.69. The Labute approximate surface area is 92.9 Å². The molecule has 0 aliphatic carbocycles. The zero-order valence-electron chi connectivity index (χ0n) is 8.85. The molecule has 0 aromatic heterocycles. The summed E-state index contributed by atoms with van der Waals surface area (Å²) < 4.78 is 0. The van der Waals surface area contributed by atoms with Gasteiger partial charge in [0, 0.05) is 13.1 Å². The second-order valence-corrected chi connectivity index (χ2v) is 2.59. The molecule has 0 heterocycles. The first-order chi connectivity index (χ1) is 7.54. The van der Waals surface area contributed by atoms with Crippen LogP contribution >= 0.6 is 0 Å². The summed E-state index contributed by atoms with van der Waals surface area (Å²) in [6.45, 7) is 0.791. The molecule has 0 unspecified atom stereocenters. The van der Waals surface area contributed by atoms with Crippen LogP contribution in [-0.4, -0.2) is 71.8 Å². The minimum absolute atomic E-state index is 0.139. The maximum Gasteiger partial charge on any atom is 0.317 e. The first-order valence-corrected chi connectivity index (χ1v) is 4.61. The minimum atomic E-state index is -1.06. The molecule has 16 heavy (non-hydrogen) atoms. The molecule has 0 bridgehead atoms. The molecule has 0 fully saturated rings. The molecule has 0 aliphatic heterocycles. The molecule has 0 spiro atoms. The molecular weight excluding hydrogens is 220 g/mol. The van der Waals surface area contributed by atoms with Crippen LogP contribution in [0.4, 0.5) is 0 Å². The molecule has 6 N–H and O–H groups in total.